The van der Waals surface area contributed by atoms with Crippen LogP contribution in [0, 0.1) is 5.92 Å². The Labute approximate surface area is 71.1 Å². The highest BCUT2D eigenvalue weighted by Crippen LogP contribution is 2.26. The van der Waals surface area contributed by atoms with Gasteiger partial charge in [-0.05, 0) is 26.2 Å². The Kier molecular flexibility index (Phi) is 4.74. The van der Waals surface area contributed by atoms with Crippen LogP contribution in [0.2, 0.25) is 0 Å². The Morgan fingerprint density at radius 2 is 1.82 bits per heavy atom. The van der Waals surface area contributed by atoms with E-state index in [4.69, 9.17) is 4.74 Å². The van der Waals surface area contributed by atoms with Crippen molar-refractivity contribution >= 4 is 0 Å². The smallest absolute Gasteiger partial charge is 0.0677 e. The molecule has 0 amide bonds. The van der Waals surface area contributed by atoms with E-state index in [0.717, 1.165) is 6.61 Å². The molecule has 1 unspecified atom stereocenters. The molecule has 0 bridgehead atoms. The third-order valence-corrected chi connectivity index (χ3v) is 2.44. The van der Waals surface area contributed by atoms with Gasteiger partial charge in [0.15, 0.2) is 0 Å². The molecule has 11 heavy (non-hydrogen) atoms. The molecule has 0 N–H and O–H groups in total. The van der Waals surface area contributed by atoms with Crippen molar-refractivity contribution in [2.75, 3.05) is 6.61 Å². The van der Waals surface area contributed by atoms with Gasteiger partial charge in [-0.25, -0.2) is 0 Å². The minimum Gasteiger partial charge on any atom is -0.375 e. The zero-order chi connectivity index (χ0) is 8.91. The van der Waals surface area contributed by atoms with Crippen LogP contribution in [0.4, 0.5) is 0 Å². The molecule has 0 rings (SSSR count). The molecule has 0 heterocycles. The first-order valence-corrected chi connectivity index (χ1v) is 4.70. The second kappa shape index (κ2) is 4.76. The quantitative estimate of drug-likeness (QED) is 0.597. The van der Waals surface area contributed by atoms with Crippen LogP contribution in [0.3, 0.4) is 0 Å². The van der Waals surface area contributed by atoms with Crippen molar-refractivity contribution in [1.82, 2.24) is 0 Å². The van der Waals surface area contributed by atoms with Gasteiger partial charge in [0.05, 0.1) is 5.60 Å². The van der Waals surface area contributed by atoms with Gasteiger partial charge in [-0.1, -0.05) is 27.2 Å². The second-order valence-electron chi connectivity index (χ2n) is 3.65. The third-order valence-electron chi connectivity index (χ3n) is 2.44. The van der Waals surface area contributed by atoms with E-state index in [1.165, 1.54) is 12.8 Å². The first-order chi connectivity index (χ1) is 5.06. The van der Waals surface area contributed by atoms with E-state index in [-0.39, 0.29) is 5.60 Å². The molecule has 1 nitrogen and oxygen atoms in total. The van der Waals surface area contributed by atoms with Crippen LogP contribution in [0.1, 0.15) is 47.5 Å². The molecule has 0 spiro atoms. The number of hydrogen-bond donors (Lipinski definition) is 0. The van der Waals surface area contributed by atoms with E-state index in [2.05, 4.69) is 34.6 Å². The summed E-state index contributed by atoms with van der Waals surface area (Å²) in [5.41, 5.74) is 0.101. The molecule has 0 aromatic carbocycles. The summed E-state index contributed by atoms with van der Waals surface area (Å²) in [6, 6.07) is 0. The van der Waals surface area contributed by atoms with E-state index < -0.39 is 0 Å². The van der Waals surface area contributed by atoms with Gasteiger partial charge >= 0.3 is 0 Å². The van der Waals surface area contributed by atoms with Crippen LogP contribution in [-0.4, -0.2) is 12.2 Å². The fourth-order valence-corrected chi connectivity index (χ4v) is 1.35. The molecule has 1 atom stereocenters. The molecule has 0 saturated heterocycles. The first kappa shape index (κ1) is 11.0. The fraction of sp³-hybridized carbons (Fsp3) is 1.00. The minimum atomic E-state index is 0.101. The Bertz CT molecular complexity index is 91.0. The number of ether oxygens (including phenoxy) is 1. The predicted molar refractivity (Wildman–Crippen MR) is 49.8 cm³/mol. The molecule has 0 aliphatic heterocycles. The van der Waals surface area contributed by atoms with Crippen LogP contribution in [0.5, 0.6) is 0 Å². The van der Waals surface area contributed by atoms with Crippen molar-refractivity contribution < 1.29 is 4.74 Å². The molecule has 0 aromatic heterocycles. The highest BCUT2D eigenvalue weighted by Gasteiger charge is 2.27. The van der Waals surface area contributed by atoms with Gasteiger partial charge in [-0.15, -0.1) is 0 Å². The summed E-state index contributed by atoms with van der Waals surface area (Å²) in [7, 11) is 0. The van der Waals surface area contributed by atoms with Crippen molar-refractivity contribution in [1.29, 1.82) is 0 Å². The van der Waals surface area contributed by atoms with Crippen LogP contribution < -0.4 is 0 Å². The molecule has 0 aliphatic rings. The summed E-state index contributed by atoms with van der Waals surface area (Å²) in [6.45, 7) is 11.8. The van der Waals surface area contributed by atoms with E-state index >= 15 is 0 Å². The Hall–Kier alpha value is -0.0400. The normalized spacial score (nSPS) is 16.9. The highest BCUT2D eigenvalue weighted by atomic mass is 16.5. The number of rotatable bonds is 5. The highest BCUT2D eigenvalue weighted by molar-refractivity contribution is 4.77. The van der Waals surface area contributed by atoms with Crippen LogP contribution in [0.25, 0.3) is 0 Å². The zero-order valence-electron chi connectivity index (χ0n) is 8.61. The molecule has 0 aliphatic carbocycles. The lowest BCUT2D eigenvalue weighted by Gasteiger charge is -2.33. The molecule has 1 heteroatoms. The van der Waals surface area contributed by atoms with Crippen molar-refractivity contribution in [3.8, 4) is 0 Å². The molecule has 0 fully saturated rings. The largest absolute Gasteiger partial charge is 0.375 e. The van der Waals surface area contributed by atoms with Gasteiger partial charge in [0.25, 0.3) is 0 Å². The Morgan fingerprint density at radius 3 is 2.09 bits per heavy atom. The van der Waals surface area contributed by atoms with Crippen LogP contribution >= 0.6 is 0 Å². The van der Waals surface area contributed by atoms with E-state index in [0.29, 0.717) is 5.92 Å². The summed E-state index contributed by atoms with van der Waals surface area (Å²) < 4.78 is 5.73. The van der Waals surface area contributed by atoms with Gasteiger partial charge in [0.2, 0.25) is 0 Å². The average Bonchev–Trinajstić information content (AvgIpc) is 1.88. The van der Waals surface area contributed by atoms with Crippen LogP contribution in [0.15, 0.2) is 0 Å². The summed E-state index contributed by atoms with van der Waals surface area (Å²) in [6.07, 6.45) is 2.37. The maximum atomic E-state index is 5.73. The van der Waals surface area contributed by atoms with Gasteiger partial charge < -0.3 is 4.74 Å². The first-order valence-electron chi connectivity index (χ1n) is 4.70. The van der Waals surface area contributed by atoms with Gasteiger partial charge in [-0.2, -0.15) is 0 Å². The third kappa shape index (κ3) is 3.24. The van der Waals surface area contributed by atoms with Gasteiger partial charge in [-0.3, -0.25) is 0 Å². The van der Waals surface area contributed by atoms with E-state index in [1.54, 1.807) is 0 Å². The molecular formula is C10H22O. The SMILES string of the molecule is CCCC(C)(OCC)C(C)C. The Balaban J connectivity index is 4.01. The second-order valence-corrected chi connectivity index (χ2v) is 3.65. The fourth-order valence-electron chi connectivity index (χ4n) is 1.35. The molecule has 68 valence electrons. The lowest BCUT2D eigenvalue weighted by atomic mass is 9.88. The number of hydrogen-bond acceptors (Lipinski definition) is 1. The van der Waals surface area contributed by atoms with Gasteiger partial charge in [0.1, 0.15) is 0 Å². The average molecular weight is 158 g/mol. The predicted octanol–water partition coefficient (Wildman–Crippen LogP) is 3.24. The zero-order valence-corrected chi connectivity index (χ0v) is 8.61. The van der Waals surface area contributed by atoms with Crippen molar-refractivity contribution in [2.45, 2.75) is 53.1 Å². The van der Waals surface area contributed by atoms with Crippen LogP contribution in [-0.2, 0) is 4.74 Å². The standard InChI is InChI=1S/C10H22O/c1-6-8-10(5,9(3)4)11-7-2/h9H,6-8H2,1-5H3. The molecule has 0 saturated carbocycles. The molecule has 0 aromatic rings. The summed E-state index contributed by atoms with van der Waals surface area (Å²) >= 11 is 0. The maximum Gasteiger partial charge on any atom is 0.0677 e. The summed E-state index contributed by atoms with van der Waals surface area (Å²) in [4.78, 5) is 0. The van der Waals surface area contributed by atoms with Crippen molar-refractivity contribution in [2.24, 2.45) is 5.92 Å². The lowest BCUT2D eigenvalue weighted by Crippen LogP contribution is -2.34. The summed E-state index contributed by atoms with van der Waals surface area (Å²) in [5, 5.41) is 0. The Morgan fingerprint density at radius 1 is 1.27 bits per heavy atom. The molecule has 0 radical (unpaired) electrons. The lowest BCUT2D eigenvalue weighted by molar-refractivity contribution is -0.0648. The van der Waals surface area contributed by atoms with Crippen molar-refractivity contribution in [3.05, 3.63) is 0 Å². The monoisotopic (exact) mass is 158 g/mol. The van der Waals surface area contributed by atoms with Crippen molar-refractivity contribution in [3.63, 3.8) is 0 Å². The van der Waals surface area contributed by atoms with Gasteiger partial charge in [0, 0.05) is 6.61 Å². The van der Waals surface area contributed by atoms with E-state index in [1.807, 2.05) is 0 Å². The summed E-state index contributed by atoms with van der Waals surface area (Å²) in [5.74, 6) is 0.613. The molecular weight excluding hydrogens is 136 g/mol. The minimum absolute atomic E-state index is 0.101. The topological polar surface area (TPSA) is 9.23 Å². The van der Waals surface area contributed by atoms with E-state index in [9.17, 15) is 0 Å². The maximum absolute atomic E-state index is 5.73.